The molecule has 3 atom stereocenters. The van der Waals surface area contributed by atoms with E-state index in [1.807, 2.05) is 33.8 Å². The lowest BCUT2D eigenvalue weighted by Gasteiger charge is -2.31. The molecule has 2 aliphatic rings. The summed E-state index contributed by atoms with van der Waals surface area (Å²) in [5.41, 5.74) is 7.37. The number of primary amides is 1. The largest absolute Gasteiger partial charge is 0.368 e. The number of aryl methyl sites for hydroxylation is 2. The lowest BCUT2D eigenvalue weighted by Crippen LogP contribution is -2.48. The lowest BCUT2D eigenvalue weighted by molar-refractivity contribution is -0.126. The number of nitrogens with one attached hydrogen (secondary N) is 3. The molecule has 2 aliphatic heterocycles. The Morgan fingerprint density at radius 3 is 2.43 bits per heavy atom. The van der Waals surface area contributed by atoms with Crippen LogP contribution in [0.3, 0.4) is 0 Å². The van der Waals surface area contributed by atoms with Crippen molar-refractivity contribution in [2.45, 2.75) is 51.7 Å². The molecule has 5 N–H and O–H groups in total. The van der Waals surface area contributed by atoms with Crippen LogP contribution in [-0.4, -0.2) is 52.3 Å². The van der Waals surface area contributed by atoms with E-state index in [1.54, 1.807) is 30.5 Å². The summed E-state index contributed by atoms with van der Waals surface area (Å²) in [6.07, 6.45) is 2.13. The number of amides is 5. The molecule has 0 saturated carbocycles. The summed E-state index contributed by atoms with van der Waals surface area (Å²) in [6, 6.07) is 7.03. The van der Waals surface area contributed by atoms with E-state index in [4.69, 9.17) is 5.73 Å². The third-order valence-electron chi connectivity index (χ3n) is 6.80. The molecule has 1 aromatic carbocycles. The Balaban J connectivity index is 1.55. The van der Waals surface area contributed by atoms with Crippen LogP contribution in [0.1, 0.15) is 47.3 Å². The number of carbonyl (C=O) groups excluding carboxylic acids is 4. The predicted molar refractivity (Wildman–Crippen MR) is 129 cm³/mol. The number of nitrogens with zero attached hydrogens (tertiary/aromatic N) is 2. The van der Waals surface area contributed by atoms with E-state index >= 15 is 0 Å². The van der Waals surface area contributed by atoms with Crippen LogP contribution in [0.25, 0.3) is 0 Å². The number of aromatic nitrogens is 1. The van der Waals surface area contributed by atoms with Crippen molar-refractivity contribution in [2.24, 2.45) is 11.7 Å². The first-order valence-corrected chi connectivity index (χ1v) is 11.6. The van der Waals surface area contributed by atoms with Crippen molar-refractivity contribution in [1.82, 2.24) is 20.5 Å². The van der Waals surface area contributed by atoms with Gasteiger partial charge in [-0.05, 0) is 55.0 Å². The van der Waals surface area contributed by atoms with Gasteiger partial charge in [0.05, 0.1) is 0 Å². The van der Waals surface area contributed by atoms with Crippen LogP contribution in [0.5, 0.6) is 0 Å². The van der Waals surface area contributed by atoms with Crippen molar-refractivity contribution in [3.05, 3.63) is 58.8 Å². The van der Waals surface area contributed by atoms with Crippen LogP contribution in [0.15, 0.2) is 36.5 Å². The molecule has 35 heavy (non-hydrogen) atoms. The monoisotopic (exact) mass is 478 g/mol. The lowest BCUT2D eigenvalue weighted by atomic mass is 9.79. The number of urea groups is 1. The fourth-order valence-corrected chi connectivity index (χ4v) is 4.95. The molecule has 2 saturated heterocycles. The maximum Gasteiger partial charge on any atom is 0.322 e. The Bertz CT molecular complexity index is 1190. The fraction of sp³-hybridized carbons (Fsp3) is 0.400. The zero-order chi connectivity index (χ0) is 25.5. The Morgan fingerprint density at radius 2 is 1.89 bits per heavy atom. The first kappa shape index (κ1) is 24.2. The summed E-state index contributed by atoms with van der Waals surface area (Å²) in [4.78, 5) is 55.9. The topological polar surface area (TPSA) is 147 Å². The molecule has 0 bridgehead atoms. The van der Waals surface area contributed by atoms with E-state index in [1.165, 1.54) is 4.90 Å². The van der Waals surface area contributed by atoms with Gasteiger partial charge in [0.1, 0.15) is 17.4 Å². The van der Waals surface area contributed by atoms with Crippen molar-refractivity contribution in [3.63, 3.8) is 0 Å². The highest BCUT2D eigenvalue weighted by Gasteiger charge is 2.50. The van der Waals surface area contributed by atoms with Crippen molar-refractivity contribution in [2.75, 3.05) is 11.9 Å². The van der Waals surface area contributed by atoms with Crippen molar-refractivity contribution in [3.8, 4) is 0 Å². The maximum absolute atomic E-state index is 13.4. The van der Waals surface area contributed by atoms with Crippen molar-refractivity contribution >= 4 is 29.6 Å². The highest BCUT2D eigenvalue weighted by molar-refractivity contribution is 6.07. The highest BCUT2D eigenvalue weighted by atomic mass is 16.2. The SMILES string of the molecule is Cc1cnc(N[C@H]2C[C@@H](C(N)=O)N(C(=O)c3ccc([C@@]4(C(C)C)NC(=O)NC4=O)cc3)C2)c(C)c1. The van der Waals surface area contributed by atoms with Crippen LogP contribution in [0, 0.1) is 19.8 Å². The second kappa shape index (κ2) is 9.01. The van der Waals surface area contributed by atoms with Gasteiger partial charge in [-0.2, -0.15) is 0 Å². The molecule has 10 nitrogen and oxygen atoms in total. The average Bonchev–Trinajstić information content (AvgIpc) is 3.36. The summed E-state index contributed by atoms with van der Waals surface area (Å²) in [6.45, 7) is 7.87. The number of imide groups is 1. The number of nitrogens with two attached hydrogens (primary N) is 1. The number of carbonyl (C=O) groups is 4. The third kappa shape index (κ3) is 4.31. The van der Waals surface area contributed by atoms with E-state index in [0.717, 1.165) is 11.1 Å². The van der Waals surface area contributed by atoms with Crippen LogP contribution in [-0.2, 0) is 15.1 Å². The Labute approximate surface area is 203 Å². The molecule has 2 aromatic rings. The molecule has 0 unspecified atom stereocenters. The smallest absolute Gasteiger partial charge is 0.322 e. The molecular weight excluding hydrogens is 448 g/mol. The Kier molecular flexibility index (Phi) is 6.23. The summed E-state index contributed by atoms with van der Waals surface area (Å²) in [5.74, 6) is -0.857. The number of anilines is 1. The number of benzene rings is 1. The molecule has 2 fully saturated rings. The first-order chi connectivity index (χ1) is 16.5. The minimum Gasteiger partial charge on any atom is -0.368 e. The molecule has 4 rings (SSSR count). The van der Waals surface area contributed by atoms with Gasteiger partial charge in [0.2, 0.25) is 5.91 Å². The van der Waals surface area contributed by atoms with E-state index in [2.05, 4.69) is 20.9 Å². The third-order valence-corrected chi connectivity index (χ3v) is 6.80. The summed E-state index contributed by atoms with van der Waals surface area (Å²) in [7, 11) is 0. The standard InChI is InChI=1S/C25H30N6O4/c1-13(2)25(23(34)29-24(35)30-25)17-7-5-16(6-8-17)22(33)31-12-18(10-19(31)20(26)32)28-21-15(4)9-14(3)11-27-21/h5-9,11,13,18-19H,10,12H2,1-4H3,(H2,26,32)(H,27,28)(H2,29,30,34,35)/t18-,19-,25+/m0/s1. The molecule has 0 aliphatic carbocycles. The van der Waals surface area contributed by atoms with Gasteiger partial charge < -0.3 is 21.3 Å². The molecule has 3 heterocycles. The van der Waals surface area contributed by atoms with Gasteiger partial charge in [0, 0.05) is 24.3 Å². The van der Waals surface area contributed by atoms with Crippen molar-refractivity contribution < 1.29 is 19.2 Å². The quantitative estimate of drug-likeness (QED) is 0.464. The Morgan fingerprint density at radius 1 is 1.20 bits per heavy atom. The maximum atomic E-state index is 13.4. The second-order valence-electron chi connectivity index (χ2n) is 9.58. The minimum atomic E-state index is -1.21. The summed E-state index contributed by atoms with van der Waals surface area (Å²) >= 11 is 0. The molecule has 10 heteroatoms. The van der Waals surface area contributed by atoms with Gasteiger partial charge in [0.25, 0.3) is 11.8 Å². The van der Waals surface area contributed by atoms with E-state index in [-0.39, 0.29) is 24.4 Å². The molecule has 0 radical (unpaired) electrons. The number of pyridine rings is 1. The van der Waals surface area contributed by atoms with E-state index in [0.29, 0.717) is 23.4 Å². The van der Waals surface area contributed by atoms with Gasteiger partial charge in [-0.15, -0.1) is 0 Å². The normalized spacial score (nSPS) is 23.9. The number of rotatable bonds is 6. The van der Waals surface area contributed by atoms with Gasteiger partial charge in [-0.1, -0.05) is 32.0 Å². The summed E-state index contributed by atoms with van der Waals surface area (Å²) in [5, 5.41) is 8.35. The highest BCUT2D eigenvalue weighted by Crippen LogP contribution is 2.33. The van der Waals surface area contributed by atoms with Gasteiger partial charge in [-0.3, -0.25) is 19.7 Å². The fourth-order valence-electron chi connectivity index (χ4n) is 4.95. The zero-order valence-electron chi connectivity index (χ0n) is 20.2. The second-order valence-corrected chi connectivity index (χ2v) is 9.58. The Hall–Kier alpha value is -3.95. The van der Waals surface area contributed by atoms with E-state index in [9.17, 15) is 19.2 Å². The van der Waals surface area contributed by atoms with Gasteiger partial charge >= 0.3 is 6.03 Å². The number of hydrogen-bond acceptors (Lipinski definition) is 6. The molecule has 5 amide bonds. The van der Waals surface area contributed by atoms with Crippen LogP contribution in [0.4, 0.5) is 10.6 Å². The average molecular weight is 479 g/mol. The molecule has 1 aromatic heterocycles. The zero-order valence-corrected chi connectivity index (χ0v) is 20.2. The van der Waals surface area contributed by atoms with Crippen LogP contribution < -0.4 is 21.7 Å². The molecule has 0 spiro atoms. The van der Waals surface area contributed by atoms with Crippen LogP contribution in [0.2, 0.25) is 0 Å². The summed E-state index contributed by atoms with van der Waals surface area (Å²) < 4.78 is 0. The van der Waals surface area contributed by atoms with Gasteiger partial charge in [0.15, 0.2) is 0 Å². The van der Waals surface area contributed by atoms with Crippen molar-refractivity contribution in [1.29, 1.82) is 0 Å². The molecule has 184 valence electrons. The molecular formula is C25H30N6O4. The minimum absolute atomic E-state index is 0.189. The number of hydrogen-bond donors (Lipinski definition) is 4. The van der Waals surface area contributed by atoms with E-state index < -0.39 is 29.4 Å². The number of likely N-dealkylation sites (tertiary alicyclic amines) is 1. The predicted octanol–water partition coefficient (Wildman–Crippen LogP) is 1.57. The first-order valence-electron chi connectivity index (χ1n) is 11.6. The van der Waals surface area contributed by atoms with Gasteiger partial charge in [-0.25, -0.2) is 9.78 Å². The van der Waals surface area contributed by atoms with Crippen LogP contribution >= 0.6 is 0 Å².